The molecule has 20 heavy (non-hydrogen) atoms. The van der Waals surface area contributed by atoms with E-state index in [1.165, 1.54) is 25.0 Å². The standard InChI is InChI=1S/C16H24F2N2/c1-4-5-11(2)20(3)16-14(17)8-12(9-15(16)18)10-19-13-6-7-13/h8-9,11,13,19H,4-7,10H2,1-3H3. The third-order valence-electron chi connectivity index (χ3n) is 3.97. The van der Waals surface area contributed by atoms with Gasteiger partial charge in [0.05, 0.1) is 0 Å². The molecule has 1 aliphatic carbocycles. The highest BCUT2D eigenvalue weighted by Gasteiger charge is 2.22. The van der Waals surface area contributed by atoms with Crippen molar-refractivity contribution in [2.45, 2.75) is 58.2 Å². The predicted molar refractivity (Wildman–Crippen MR) is 79.0 cm³/mol. The molecule has 1 fully saturated rings. The minimum absolute atomic E-state index is 0.0844. The Balaban J connectivity index is 2.12. The molecule has 2 nitrogen and oxygen atoms in total. The van der Waals surface area contributed by atoms with E-state index in [-0.39, 0.29) is 11.7 Å². The molecule has 0 aromatic heterocycles. The topological polar surface area (TPSA) is 15.3 Å². The largest absolute Gasteiger partial charge is 0.367 e. The van der Waals surface area contributed by atoms with Crippen molar-refractivity contribution in [3.05, 3.63) is 29.3 Å². The van der Waals surface area contributed by atoms with Gasteiger partial charge in [0.15, 0.2) is 0 Å². The zero-order chi connectivity index (χ0) is 14.7. The molecule has 1 saturated carbocycles. The molecule has 0 heterocycles. The first-order chi connectivity index (χ1) is 9.52. The molecule has 2 rings (SSSR count). The minimum Gasteiger partial charge on any atom is -0.367 e. The lowest BCUT2D eigenvalue weighted by Gasteiger charge is -2.27. The number of hydrogen-bond acceptors (Lipinski definition) is 2. The van der Waals surface area contributed by atoms with E-state index in [0.29, 0.717) is 18.2 Å². The number of hydrogen-bond donors (Lipinski definition) is 1. The minimum atomic E-state index is -0.469. The highest BCUT2D eigenvalue weighted by molar-refractivity contribution is 5.50. The molecule has 112 valence electrons. The third-order valence-corrected chi connectivity index (χ3v) is 3.97. The average molecular weight is 282 g/mol. The Morgan fingerprint density at radius 3 is 2.40 bits per heavy atom. The van der Waals surface area contributed by atoms with Gasteiger partial charge >= 0.3 is 0 Å². The van der Waals surface area contributed by atoms with Gasteiger partial charge in [-0.15, -0.1) is 0 Å². The SMILES string of the molecule is CCCC(C)N(C)c1c(F)cc(CNC2CC2)cc1F. The van der Waals surface area contributed by atoms with Gasteiger partial charge in [0.1, 0.15) is 17.3 Å². The van der Waals surface area contributed by atoms with Crippen molar-refractivity contribution in [1.29, 1.82) is 0 Å². The van der Waals surface area contributed by atoms with Gasteiger partial charge < -0.3 is 10.2 Å². The molecule has 0 spiro atoms. The van der Waals surface area contributed by atoms with Crippen LogP contribution in [0, 0.1) is 11.6 Å². The summed E-state index contributed by atoms with van der Waals surface area (Å²) in [7, 11) is 1.75. The summed E-state index contributed by atoms with van der Waals surface area (Å²) in [6.45, 7) is 4.60. The summed E-state index contributed by atoms with van der Waals surface area (Å²) in [5.41, 5.74) is 0.758. The van der Waals surface area contributed by atoms with Gasteiger partial charge in [-0.25, -0.2) is 8.78 Å². The number of halogens is 2. The number of nitrogens with one attached hydrogen (secondary N) is 1. The molecule has 0 amide bonds. The van der Waals surface area contributed by atoms with E-state index in [1.54, 1.807) is 11.9 Å². The summed E-state index contributed by atoms with van der Waals surface area (Å²) in [5.74, 6) is -0.939. The van der Waals surface area contributed by atoms with Crippen molar-refractivity contribution in [2.24, 2.45) is 0 Å². The Morgan fingerprint density at radius 2 is 1.90 bits per heavy atom. The van der Waals surface area contributed by atoms with E-state index >= 15 is 0 Å². The molecule has 1 aromatic carbocycles. The van der Waals surface area contributed by atoms with E-state index in [4.69, 9.17) is 0 Å². The second kappa shape index (κ2) is 6.53. The lowest BCUT2D eigenvalue weighted by molar-refractivity contribution is 0.543. The maximum atomic E-state index is 14.2. The second-order valence-corrected chi connectivity index (χ2v) is 5.81. The highest BCUT2D eigenvalue weighted by Crippen LogP contribution is 2.27. The fraction of sp³-hybridized carbons (Fsp3) is 0.625. The highest BCUT2D eigenvalue weighted by atomic mass is 19.1. The molecular formula is C16H24F2N2. The molecule has 0 aliphatic heterocycles. The van der Waals surface area contributed by atoms with Crippen LogP contribution >= 0.6 is 0 Å². The van der Waals surface area contributed by atoms with Crippen molar-refractivity contribution in [1.82, 2.24) is 5.32 Å². The first-order valence-electron chi connectivity index (χ1n) is 7.47. The van der Waals surface area contributed by atoms with E-state index < -0.39 is 11.6 Å². The lowest BCUT2D eigenvalue weighted by Crippen LogP contribution is -2.30. The third kappa shape index (κ3) is 3.69. The van der Waals surface area contributed by atoms with Crippen LogP contribution in [0.5, 0.6) is 0 Å². The molecule has 0 radical (unpaired) electrons. The maximum absolute atomic E-state index is 14.2. The van der Waals surface area contributed by atoms with E-state index in [1.807, 2.05) is 6.92 Å². The summed E-state index contributed by atoms with van der Waals surface area (Å²) < 4.78 is 28.4. The summed E-state index contributed by atoms with van der Waals surface area (Å²) in [5, 5.41) is 3.27. The van der Waals surface area contributed by atoms with Crippen molar-refractivity contribution < 1.29 is 8.78 Å². The summed E-state index contributed by atoms with van der Waals surface area (Å²) in [4.78, 5) is 1.70. The van der Waals surface area contributed by atoms with Crippen LogP contribution in [0.2, 0.25) is 0 Å². The molecule has 1 N–H and O–H groups in total. The van der Waals surface area contributed by atoms with E-state index in [2.05, 4.69) is 12.2 Å². The summed E-state index contributed by atoms with van der Waals surface area (Å²) in [6, 6.07) is 3.55. The van der Waals surface area contributed by atoms with Gasteiger partial charge in [0.2, 0.25) is 0 Å². The first-order valence-corrected chi connectivity index (χ1v) is 7.47. The Hall–Kier alpha value is -1.16. The van der Waals surface area contributed by atoms with Gasteiger partial charge in [-0.2, -0.15) is 0 Å². The van der Waals surface area contributed by atoms with Crippen molar-refractivity contribution >= 4 is 5.69 Å². The quantitative estimate of drug-likeness (QED) is 0.817. The Kier molecular flexibility index (Phi) is 4.97. The van der Waals surface area contributed by atoms with Gasteiger partial charge in [0.25, 0.3) is 0 Å². The summed E-state index contributed by atoms with van der Waals surface area (Å²) >= 11 is 0. The number of rotatable bonds is 7. The molecule has 1 aliphatic rings. The molecule has 1 atom stereocenters. The number of anilines is 1. The molecular weight excluding hydrogens is 258 g/mol. The molecule has 1 aromatic rings. The number of benzene rings is 1. The number of nitrogens with zero attached hydrogens (tertiary/aromatic N) is 1. The fourth-order valence-electron chi connectivity index (χ4n) is 2.44. The van der Waals surface area contributed by atoms with Gasteiger partial charge in [0, 0.05) is 25.7 Å². The predicted octanol–water partition coefficient (Wildman–Crippen LogP) is 3.84. The Morgan fingerprint density at radius 1 is 1.30 bits per heavy atom. The molecule has 1 unspecified atom stereocenters. The van der Waals surface area contributed by atoms with Crippen LogP contribution < -0.4 is 10.2 Å². The summed E-state index contributed by atoms with van der Waals surface area (Å²) in [6.07, 6.45) is 4.25. The zero-order valence-electron chi connectivity index (χ0n) is 12.5. The van der Waals surface area contributed by atoms with Crippen LogP contribution in [0.15, 0.2) is 12.1 Å². The van der Waals surface area contributed by atoms with Crippen LogP contribution in [0.1, 0.15) is 45.1 Å². The smallest absolute Gasteiger partial charge is 0.149 e. The molecule has 0 bridgehead atoms. The van der Waals surface area contributed by atoms with Crippen molar-refractivity contribution in [3.8, 4) is 0 Å². The Bertz CT molecular complexity index is 435. The van der Waals surface area contributed by atoms with Crippen LogP contribution in [-0.4, -0.2) is 19.1 Å². The monoisotopic (exact) mass is 282 g/mol. The van der Waals surface area contributed by atoms with Gasteiger partial charge in [-0.1, -0.05) is 13.3 Å². The maximum Gasteiger partial charge on any atom is 0.149 e. The van der Waals surface area contributed by atoms with E-state index in [9.17, 15) is 8.78 Å². The molecule has 0 saturated heterocycles. The zero-order valence-corrected chi connectivity index (χ0v) is 12.5. The normalized spacial score (nSPS) is 16.2. The lowest BCUT2D eigenvalue weighted by atomic mass is 10.1. The molecule has 4 heteroatoms. The van der Waals surface area contributed by atoms with Crippen molar-refractivity contribution in [3.63, 3.8) is 0 Å². The van der Waals surface area contributed by atoms with Crippen LogP contribution in [-0.2, 0) is 6.54 Å². The van der Waals surface area contributed by atoms with Gasteiger partial charge in [-0.05, 0) is 43.9 Å². The average Bonchev–Trinajstić information content (AvgIpc) is 3.19. The Labute approximate surface area is 120 Å². The fourth-order valence-corrected chi connectivity index (χ4v) is 2.44. The van der Waals surface area contributed by atoms with Crippen LogP contribution in [0.4, 0.5) is 14.5 Å². The van der Waals surface area contributed by atoms with Gasteiger partial charge in [-0.3, -0.25) is 0 Å². The van der Waals surface area contributed by atoms with Crippen LogP contribution in [0.3, 0.4) is 0 Å². The van der Waals surface area contributed by atoms with Crippen molar-refractivity contribution in [2.75, 3.05) is 11.9 Å². The first kappa shape index (κ1) is 15.2. The van der Waals surface area contributed by atoms with E-state index in [0.717, 1.165) is 12.8 Å². The van der Waals surface area contributed by atoms with Crippen LogP contribution in [0.25, 0.3) is 0 Å². The second-order valence-electron chi connectivity index (χ2n) is 5.81.